The van der Waals surface area contributed by atoms with Gasteiger partial charge in [-0.3, -0.25) is 4.79 Å². The van der Waals surface area contributed by atoms with E-state index in [0.29, 0.717) is 0 Å². The number of hydrogen-bond donors (Lipinski definition) is 2. The lowest BCUT2D eigenvalue weighted by molar-refractivity contribution is -0.125. The number of imidazole rings is 1. The molecule has 2 aliphatic heterocycles. The highest BCUT2D eigenvalue weighted by atomic mass is 16.1. The van der Waals surface area contributed by atoms with E-state index in [4.69, 9.17) is 4.98 Å². The molecule has 35 heavy (non-hydrogen) atoms. The van der Waals surface area contributed by atoms with Gasteiger partial charge in [-0.25, -0.2) is 4.98 Å². The van der Waals surface area contributed by atoms with Crippen molar-refractivity contribution < 1.29 is 4.79 Å². The van der Waals surface area contributed by atoms with Crippen molar-refractivity contribution in [1.82, 2.24) is 20.2 Å². The summed E-state index contributed by atoms with van der Waals surface area (Å²) in [4.78, 5) is 25.9. The monoisotopic (exact) mass is 473 g/mol. The van der Waals surface area contributed by atoms with E-state index in [1.165, 1.54) is 43.5 Å². The van der Waals surface area contributed by atoms with Gasteiger partial charge in [0.2, 0.25) is 11.9 Å². The molecule has 3 heterocycles. The lowest BCUT2D eigenvalue weighted by Crippen LogP contribution is -2.44. The first-order chi connectivity index (χ1) is 17.1. The van der Waals surface area contributed by atoms with Crippen LogP contribution in [0.25, 0.3) is 11.0 Å². The number of nitrogens with one attached hydrogen (secondary N) is 2. The molecule has 6 heteroatoms. The normalized spacial score (nSPS) is 19.8. The predicted molar refractivity (Wildman–Crippen MR) is 143 cm³/mol. The highest BCUT2D eigenvalue weighted by molar-refractivity contribution is 5.80. The van der Waals surface area contributed by atoms with Crippen molar-refractivity contribution in [3.8, 4) is 0 Å². The number of piperidine rings is 2. The number of aromatic nitrogens is 2. The fourth-order valence-electron chi connectivity index (χ4n) is 5.66. The third-order valence-corrected chi connectivity index (χ3v) is 7.74. The Kier molecular flexibility index (Phi) is 7.67. The average molecular weight is 474 g/mol. The van der Waals surface area contributed by atoms with E-state index in [9.17, 15) is 4.79 Å². The Bertz CT molecular complexity index is 1100. The van der Waals surface area contributed by atoms with Crippen LogP contribution >= 0.6 is 0 Å². The molecule has 0 bridgehead atoms. The molecule has 0 saturated carbocycles. The number of likely N-dealkylation sites (tertiary alicyclic amines) is 1. The lowest BCUT2D eigenvalue weighted by Gasteiger charge is -2.32. The maximum Gasteiger partial charge on any atom is 0.224 e. The topological polar surface area (TPSA) is 64.3 Å². The fourth-order valence-corrected chi connectivity index (χ4v) is 5.66. The molecule has 0 spiro atoms. The minimum Gasteiger partial charge on any atom is -0.356 e. The summed E-state index contributed by atoms with van der Waals surface area (Å²) in [5, 5.41) is 3.22. The van der Waals surface area contributed by atoms with E-state index < -0.39 is 0 Å². The fraction of sp³-hybridized carbons (Fsp3) is 0.517. The maximum atomic E-state index is 12.9. The maximum absolute atomic E-state index is 12.9. The summed E-state index contributed by atoms with van der Waals surface area (Å²) in [6, 6.07) is 17.2. The molecular weight excluding hydrogens is 434 g/mol. The molecule has 1 aromatic heterocycles. The summed E-state index contributed by atoms with van der Waals surface area (Å²) in [5.41, 5.74) is 4.74. The first-order valence-corrected chi connectivity index (χ1v) is 13.4. The number of aromatic amines is 1. The van der Waals surface area contributed by atoms with Gasteiger partial charge in [0.05, 0.1) is 17.0 Å². The number of nitrogens with zero attached hydrogens (tertiary/aromatic N) is 3. The molecule has 5 rings (SSSR count). The first kappa shape index (κ1) is 23.9. The number of amides is 1. The zero-order valence-electron chi connectivity index (χ0n) is 21.0. The third kappa shape index (κ3) is 6.23. The Balaban J connectivity index is 1.02. The number of rotatable bonds is 8. The number of carbonyl (C=O) groups is 1. The van der Waals surface area contributed by atoms with Gasteiger partial charge in [0, 0.05) is 19.6 Å². The van der Waals surface area contributed by atoms with Crippen LogP contribution in [0, 0.1) is 18.8 Å². The van der Waals surface area contributed by atoms with Crippen molar-refractivity contribution in [2.45, 2.75) is 45.4 Å². The zero-order valence-corrected chi connectivity index (χ0v) is 21.0. The average Bonchev–Trinajstić information content (AvgIpc) is 3.31. The molecule has 186 valence electrons. The van der Waals surface area contributed by atoms with Crippen molar-refractivity contribution in [2.24, 2.45) is 11.8 Å². The number of H-pyrrole nitrogens is 1. The van der Waals surface area contributed by atoms with Crippen LogP contribution in [0.15, 0.2) is 48.5 Å². The van der Waals surface area contributed by atoms with Crippen LogP contribution in [-0.4, -0.2) is 60.0 Å². The molecule has 3 aromatic rings. The third-order valence-electron chi connectivity index (χ3n) is 7.74. The van der Waals surface area contributed by atoms with Crippen molar-refractivity contribution >= 4 is 22.9 Å². The minimum atomic E-state index is 0.0347. The van der Waals surface area contributed by atoms with Crippen LogP contribution < -0.4 is 10.2 Å². The molecule has 1 atom stereocenters. The SMILES string of the molecule is Cc1ccc2nc(N3CCCC(C(=O)NCCCN4CCC(Cc5ccccc5)CC4)C3)[nH]c2c1. The molecule has 0 aliphatic carbocycles. The molecule has 2 N–H and O–H groups in total. The van der Waals surface area contributed by atoms with Crippen LogP contribution in [0.5, 0.6) is 0 Å². The van der Waals surface area contributed by atoms with Gasteiger partial charge >= 0.3 is 0 Å². The van der Waals surface area contributed by atoms with Gasteiger partial charge in [-0.2, -0.15) is 0 Å². The van der Waals surface area contributed by atoms with Gasteiger partial charge < -0.3 is 20.1 Å². The standard InChI is InChI=1S/C29H39N5O/c1-22-10-11-26-27(19-22)32-29(31-26)34-16-5-9-25(21-34)28(35)30-14-6-15-33-17-12-24(13-18-33)20-23-7-3-2-4-8-23/h2-4,7-8,10-11,19,24-25H,5-6,9,12-18,20-21H2,1H3,(H,30,35)(H,31,32). The number of fused-ring (bicyclic) bond motifs is 1. The summed E-state index contributed by atoms with van der Waals surface area (Å²) >= 11 is 0. The van der Waals surface area contributed by atoms with Gasteiger partial charge in [-0.05, 0) is 94.3 Å². The summed E-state index contributed by atoms with van der Waals surface area (Å²) < 4.78 is 0. The number of aryl methyl sites for hydroxylation is 1. The summed E-state index contributed by atoms with van der Waals surface area (Å²) in [6.07, 6.45) is 6.76. The van der Waals surface area contributed by atoms with Gasteiger partial charge in [-0.1, -0.05) is 36.4 Å². The number of hydrogen-bond acceptors (Lipinski definition) is 4. The molecule has 2 aliphatic rings. The predicted octanol–water partition coefficient (Wildman–Crippen LogP) is 4.55. The van der Waals surface area contributed by atoms with E-state index in [2.05, 4.69) is 75.6 Å². The first-order valence-electron chi connectivity index (χ1n) is 13.4. The van der Waals surface area contributed by atoms with Gasteiger partial charge in [0.15, 0.2) is 0 Å². The van der Waals surface area contributed by atoms with Crippen molar-refractivity contribution in [3.05, 3.63) is 59.7 Å². The van der Waals surface area contributed by atoms with Crippen LogP contribution in [0.2, 0.25) is 0 Å². The molecule has 6 nitrogen and oxygen atoms in total. The lowest BCUT2D eigenvalue weighted by atomic mass is 9.90. The summed E-state index contributed by atoms with van der Waals surface area (Å²) in [6.45, 7) is 7.98. The van der Waals surface area contributed by atoms with Gasteiger partial charge in [0.1, 0.15) is 0 Å². The number of benzene rings is 2. The van der Waals surface area contributed by atoms with Crippen LogP contribution in [0.1, 0.15) is 43.2 Å². The smallest absolute Gasteiger partial charge is 0.224 e. The highest BCUT2D eigenvalue weighted by Crippen LogP contribution is 2.25. The molecule has 2 aromatic carbocycles. The van der Waals surface area contributed by atoms with Gasteiger partial charge in [-0.15, -0.1) is 0 Å². The summed E-state index contributed by atoms with van der Waals surface area (Å²) in [5.74, 6) is 1.92. The number of carbonyl (C=O) groups excluding carboxylic acids is 1. The molecule has 2 fully saturated rings. The molecule has 1 amide bonds. The van der Waals surface area contributed by atoms with Crippen LogP contribution in [-0.2, 0) is 11.2 Å². The zero-order chi connectivity index (χ0) is 24.0. The Morgan fingerprint density at radius 1 is 1.09 bits per heavy atom. The summed E-state index contributed by atoms with van der Waals surface area (Å²) in [7, 11) is 0. The Morgan fingerprint density at radius 3 is 2.74 bits per heavy atom. The van der Waals surface area contributed by atoms with E-state index in [1.807, 2.05) is 0 Å². The van der Waals surface area contributed by atoms with Crippen LogP contribution in [0.4, 0.5) is 5.95 Å². The largest absolute Gasteiger partial charge is 0.356 e. The van der Waals surface area contributed by atoms with Crippen molar-refractivity contribution in [2.75, 3.05) is 44.2 Å². The number of anilines is 1. The minimum absolute atomic E-state index is 0.0347. The van der Waals surface area contributed by atoms with E-state index in [-0.39, 0.29) is 11.8 Å². The van der Waals surface area contributed by atoms with Crippen molar-refractivity contribution in [1.29, 1.82) is 0 Å². The Hall–Kier alpha value is -2.86. The molecule has 0 radical (unpaired) electrons. The Labute approximate surface area is 209 Å². The van der Waals surface area contributed by atoms with Crippen molar-refractivity contribution in [3.63, 3.8) is 0 Å². The van der Waals surface area contributed by atoms with E-state index >= 15 is 0 Å². The molecular formula is C29H39N5O. The van der Waals surface area contributed by atoms with Crippen LogP contribution in [0.3, 0.4) is 0 Å². The van der Waals surface area contributed by atoms with E-state index in [1.54, 1.807) is 0 Å². The second-order valence-electron chi connectivity index (χ2n) is 10.5. The van der Waals surface area contributed by atoms with E-state index in [0.717, 1.165) is 68.3 Å². The Morgan fingerprint density at radius 2 is 1.91 bits per heavy atom. The second kappa shape index (κ2) is 11.3. The molecule has 2 saturated heterocycles. The second-order valence-corrected chi connectivity index (χ2v) is 10.5. The van der Waals surface area contributed by atoms with Gasteiger partial charge in [0.25, 0.3) is 0 Å². The quantitative estimate of drug-likeness (QED) is 0.471. The molecule has 1 unspecified atom stereocenters. The highest BCUT2D eigenvalue weighted by Gasteiger charge is 2.27.